The number of nitrogens with zero attached hydrogens (tertiary/aromatic N) is 1. The summed E-state index contributed by atoms with van der Waals surface area (Å²) >= 11 is 0. The van der Waals surface area contributed by atoms with E-state index in [0.29, 0.717) is 36.6 Å². The topological polar surface area (TPSA) is 91.7 Å². The van der Waals surface area contributed by atoms with E-state index in [1.165, 1.54) is 0 Å². The predicted octanol–water partition coefficient (Wildman–Crippen LogP) is 3.16. The van der Waals surface area contributed by atoms with Crippen LogP contribution in [0.1, 0.15) is 63.5 Å². The number of benzene rings is 1. The summed E-state index contributed by atoms with van der Waals surface area (Å²) in [6.45, 7) is 2.67. The molecule has 0 saturated heterocycles. The molecule has 6 heteroatoms. The van der Waals surface area contributed by atoms with E-state index < -0.39 is 12.1 Å². The lowest BCUT2D eigenvalue weighted by atomic mass is 10.0. The average Bonchev–Trinajstić information content (AvgIpc) is 2.72. The van der Waals surface area contributed by atoms with Crippen molar-refractivity contribution in [3.63, 3.8) is 0 Å². The molecular formula is C23H28NO5-. The maximum Gasteiger partial charge on any atom is 0.219 e. The highest BCUT2D eigenvalue weighted by molar-refractivity contribution is 5.81. The van der Waals surface area contributed by atoms with Crippen molar-refractivity contribution in [1.29, 1.82) is 0 Å². The Morgan fingerprint density at radius 1 is 1.24 bits per heavy atom. The Bertz CT molecular complexity index is 869. The highest BCUT2D eigenvalue weighted by Gasteiger charge is 2.16. The second-order valence-corrected chi connectivity index (χ2v) is 6.80. The van der Waals surface area contributed by atoms with Gasteiger partial charge in [0.2, 0.25) is 5.88 Å². The molecule has 1 aromatic heterocycles. The summed E-state index contributed by atoms with van der Waals surface area (Å²) in [5.41, 5.74) is 1.35. The molecular weight excluding hydrogens is 370 g/mol. The van der Waals surface area contributed by atoms with Crippen molar-refractivity contribution >= 4 is 16.9 Å². The van der Waals surface area contributed by atoms with Gasteiger partial charge in [-0.3, -0.25) is 0 Å². The number of carboxylic acids is 1. The molecule has 1 N–H and O–H groups in total. The molecule has 2 aromatic rings. The van der Waals surface area contributed by atoms with Gasteiger partial charge in [0, 0.05) is 29.8 Å². The van der Waals surface area contributed by atoms with E-state index in [1.807, 2.05) is 24.3 Å². The SMILES string of the molecule is CCCCCOc1nc2ccc(OC)cc2cc1C(O)CC#CCCCC(=O)[O-]. The normalized spacial score (nSPS) is 11.6. The minimum Gasteiger partial charge on any atom is -0.550 e. The van der Waals surface area contributed by atoms with Gasteiger partial charge in [0.05, 0.1) is 25.3 Å². The number of carboxylic acid groups (broad SMARTS) is 1. The van der Waals surface area contributed by atoms with Crippen LogP contribution in [0.4, 0.5) is 0 Å². The van der Waals surface area contributed by atoms with Crippen LogP contribution in [0.5, 0.6) is 11.6 Å². The summed E-state index contributed by atoms with van der Waals surface area (Å²) in [6, 6.07) is 7.43. The number of pyridine rings is 1. The maximum absolute atomic E-state index is 10.7. The first-order valence-corrected chi connectivity index (χ1v) is 10.00. The summed E-state index contributed by atoms with van der Waals surface area (Å²) in [6.07, 6.45) is 3.33. The zero-order chi connectivity index (χ0) is 21.1. The first kappa shape index (κ1) is 22.5. The quantitative estimate of drug-likeness (QED) is 0.462. The van der Waals surface area contributed by atoms with E-state index in [1.54, 1.807) is 7.11 Å². The van der Waals surface area contributed by atoms with E-state index in [-0.39, 0.29) is 12.8 Å². The number of carbonyl (C=O) groups is 1. The molecule has 1 heterocycles. The van der Waals surface area contributed by atoms with E-state index in [0.717, 1.165) is 30.2 Å². The Hall–Kier alpha value is -2.78. The largest absolute Gasteiger partial charge is 0.550 e. The monoisotopic (exact) mass is 398 g/mol. The minimum absolute atomic E-state index is 0.0105. The van der Waals surface area contributed by atoms with Gasteiger partial charge in [0.1, 0.15) is 5.75 Å². The Labute approximate surface area is 171 Å². The van der Waals surface area contributed by atoms with Gasteiger partial charge in [-0.1, -0.05) is 19.8 Å². The first-order chi connectivity index (χ1) is 14.0. The third-order valence-corrected chi connectivity index (χ3v) is 4.46. The number of methoxy groups -OCH3 is 1. The minimum atomic E-state index is -1.07. The number of aliphatic hydroxyl groups excluding tert-OH is 1. The van der Waals surface area contributed by atoms with Gasteiger partial charge in [-0.2, -0.15) is 0 Å². The molecule has 2 rings (SSSR count). The van der Waals surface area contributed by atoms with E-state index in [2.05, 4.69) is 23.7 Å². The summed E-state index contributed by atoms with van der Waals surface area (Å²) in [4.78, 5) is 15.0. The van der Waals surface area contributed by atoms with Crippen LogP contribution in [0, 0.1) is 11.8 Å². The van der Waals surface area contributed by atoms with Gasteiger partial charge >= 0.3 is 0 Å². The summed E-state index contributed by atoms with van der Waals surface area (Å²) in [7, 11) is 1.60. The molecule has 6 nitrogen and oxygen atoms in total. The summed E-state index contributed by atoms with van der Waals surface area (Å²) < 4.78 is 11.1. The van der Waals surface area contributed by atoms with Crippen LogP contribution in [0.25, 0.3) is 10.9 Å². The number of hydrogen-bond donors (Lipinski definition) is 1. The number of aliphatic carboxylic acids is 1. The second kappa shape index (κ2) is 11.9. The second-order valence-electron chi connectivity index (χ2n) is 6.80. The Kier molecular flexibility index (Phi) is 9.26. The van der Waals surface area contributed by atoms with Crippen LogP contribution in [0.15, 0.2) is 24.3 Å². The van der Waals surface area contributed by atoms with Crippen molar-refractivity contribution in [3.8, 4) is 23.5 Å². The molecule has 1 aromatic carbocycles. The fourth-order valence-electron chi connectivity index (χ4n) is 2.84. The third kappa shape index (κ3) is 7.28. The lowest BCUT2D eigenvalue weighted by Crippen LogP contribution is -2.21. The van der Waals surface area contributed by atoms with Gasteiger partial charge in [-0.05, 0) is 43.5 Å². The molecule has 156 valence electrons. The van der Waals surface area contributed by atoms with Gasteiger partial charge < -0.3 is 24.5 Å². The predicted molar refractivity (Wildman–Crippen MR) is 110 cm³/mol. The molecule has 0 fully saturated rings. The van der Waals surface area contributed by atoms with Crippen molar-refractivity contribution in [2.24, 2.45) is 0 Å². The number of hydrogen-bond acceptors (Lipinski definition) is 6. The molecule has 0 spiro atoms. The first-order valence-electron chi connectivity index (χ1n) is 10.00. The Morgan fingerprint density at radius 2 is 2.07 bits per heavy atom. The molecule has 1 atom stereocenters. The van der Waals surface area contributed by atoms with Crippen LogP contribution >= 0.6 is 0 Å². The van der Waals surface area contributed by atoms with E-state index in [9.17, 15) is 15.0 Å². The number of fused-ring (bicyclic) bond motifs is 1. The van der Waals surface area contributed by atoms with Gasteiger partial charge in [0.15, 0.2) is 0 Å². The summed E-state index contributed by atoms with van der Waals surface area (Å²) in [5.74, 6) is 5.86. The van der Waals surface area contributed by atoms with Gasteiger partial charge in [-0.25, -0.2) is 4.98 Å². The van der Waals surface area contributed by atoms with Crippen LogP contribution in [-0.2, 0) is 4.79 Å². The molecule has 0 amide bonds. The fourth-order valence-corrected chi connectivity index (χ4v) is 2.84. The maximum atomic E-state index is 10.7. The van der Waals surface area contributed by atoms with Gasteiger partial charge in [0.25, 0.3) is 0 Å². The lowest BCUT2D eigenvalue weighted by Gasteiger charge is -2.15. The average molecular weight is 398 g/mol. The smallest absolute Gasteiger partial charge is 0.219 e. The molecule has 0 saturated carbocycles. The van der Waals surface area contributed by atoms with Gasteiger partial charge in [-0.15, -0.1) is 11.8 Å². The molecule has 0 aliphatic carbocycles. The van der Waals surface area contributed by atoms with Crippen LogP contribution in [0.2, 0.25) is 0 Å². The third-order valence-electron chi connectivity index (χ3n) is 4.46. The van der Waals surface area contributed by atoms with Crippen molar-refractivity contribution in [2.45, 2.75) is 58.0 Å². The van der Waals surface area contributed by atoms with Crippen LogP contribution in [0.3, 0.4) is 0 Å². The fraction of sp³-hybridized carbons (Fsp3) is 0.478. The molecule has 29 heavy (non-hydrogen) atoms. The Balaban J connectivity index is 2.17. The number of aliphatic hydroxyl groups is 1. The zero-order valence-electron chi connectivity index (χ0n) is 17.1. The molecule has 0 bridgehead atoms. The molecule has 0 radical (unpaired) electrons. The molecule has 1 unspecified atom stereocenters. The number of aromatic nitrogens is 1. The van der Waals surface area contributed by atoms with E-state index >= 15 is 0 Å². The highest BCUT2D eigenvalue weighted by Crippen LogP contribution is 2.31. The van der Waals surface area contributed by atoms with Crippen molar-refractivity contribution in [3.05, 3.63) is 29.8 Å². The number of rotatable bonds is 11. The summed E-state index contributed by atoms with van der Waals surface area (Å²) in [5, 5.41) is 21.9. The molecule has 0 aliphatic heterocycles. The highest BCUT2D eigenvalue weighted by atomic mass is 16.5. The Morgan fingerprint density at radius 3 is 2.79 bits per heavy atom. The van der Waals surface area contributed by atoms with Crippen LogP contribution in [-0.4, -0.2) is 29.8 Å². The number of carbonyl (C=O) groups excluding carboxylic acids is 1. The van der Waals surface area contributed by atoms with E-state index in [4.69, 9.17) is 9.47 Å². The van der Waals surface area contributed by atoms with Crippen molar-refractivity contribution in [2.75, 3.05) is 13.7 Å². The molecule has 0 aliphatic rings. The number of ether oxygens (including phenoxy) is 2. The zero-order valence-corrected chi connectivity index (χ0v) is 17.1. The van der Waals surface area contributed by atoms with Crippen LogP contribution < -0.4 is 14.6 Å². The van der Waals surface area contributed by atoms with Crippen molar-refractivity contribution < 1.29 is 24.5 Å². The lowest BCUT2D eigenvalue weighted by molar-refractivity contribution is -0.305. The standard InChI is InChI=1S/C23H29NO5/c1-3-4-9-14-29-23-19(21(25)10-7-5-6-8-11-22(26)27)16-17-15-18(28-2)12-13-20(17)24-23/h12-13,15-16,21,25H,3-4,6,8-11,14H2,1-2H3,(H,26,27)/p-1. The van der Waals surface area contributed by atoms with Crippen molar-refractivity contribution in [1.82, 2.24) is 4.98 Å². The number of unbranched alkanes of at least 4 members (excludes halogenated alkanes) is 3.